The van der Waals surface area contributed by atoms with Gasteiger partial charge in [0.05, 0.1) is 12.2 Å². The van der Waals surface area contributed by atoms with Gasteiger partial charge in [0.1, 0.15) is 0 Å². The van der Waals surface area contributed by atoms with E-state index in [0.29, 0.717) is 17.4 Å². The lowest BCUT2D eigenvalue weighted by atomic mass is 10.1. The number of anilines is 1. The summed E-state index contributed by atoms with van der Waals surface area (Å²) in [6, 6.07) is 3.51. The Balaban J connectivity index is 1.86. The summed E-state index contributed by atoms with van der Waals surface area (Å²) in [5.41, 5.74) is 0.580. The van der Waals surface area contributed by atoms with Gasteiger partial charge < -0.3 is 5.32 Å². The Morgan fingerprint density at radius 2 is 2.18 bits per heavy atom. The Morgan fingerprint density at radius 1 is 1.41 bits per heavy atom. The average molecular weight is 254 g/mol. The van der Waals surface area contributed by atoms with E-state index in [1.807, 2.05) is 0 Å². The molecule has 1 fully saturated rings. The van der Waals surface area contributed by atoms with Crippen LogP contribution in [0, 0.1) is 0 Å². The van der Waals surface area contributed by atoms with Crippen molar-refractivity contribution in [1.29, 1.82) is 0 Å². The third kappa shape index (κ3) is 3.68. The monoisotopic (exact) mass is 253 g/mol. The summed E-state index contributed by atoms with van der Waals surface area (Å²) in [7, 11) is 0. The second-order valence-corrected chi connectivity index (χ2v) is 4.58. The molecule has 1 aliphatic rings. The lowest BCUT2D eigenvalue weighted by Crippen LogP contribution is -2.36. The number of hydrogen-bond acceptors (Lipinski definition) is 3. The van der Waals surface area contributed by atoms with Crippen LogP contribution in [0.3, 0.4) is 0 Å². The fourth-order valence-corrected chi connectivity index (χ4v) is 2.16. The first-order chi connectivity index (χ1) is 8.25. The average Bonchev–Trinajstić information content (AvgIpc) is 2.33. The van der Waals surface area contributed by atoms with Crippen molar-refractivity contribution >= 4 is 23.2 Å². The Labute approximate surface area is 106 Å². The van der Waals surface area contributed by atoms with Crippen molar-refractivity contribution < 1.29 is 4.79 Å². The van der Waals surface area contributed by atoms with E-state index in [1.165, 1.54) is 19.3 Å². The van der Waals surface area contributed by atoms with Crippen molar-refractivity contribution in [1.82, 2.24) is 9.88 Å². The Hall–Kier alpha value is -1.13. The normalized spacial score (nSPS) is 16.8. The molecule has 0 unspecified atom stereocenters. The maximum Gasteiger partial charge on any atom is 0.238 e. The number of amides is 1. The molecule has 92 valence electrons. The number of nitrogens with one attached hydrogen (secondary N) is 1. The molecule has 0 aliphatic carbocycles. The molecule has 0 spiro atoms. The van der Waals surface area contributed by atoms with Crippen LogP contribution in [0.15, 0.2) is 18.3 Å². The highest BCUT2D eigenvalue weighted by molar-refractivity contribution is 6.32. The molecular weight excluding hydrogens is 238 g/mol. The number of likely N-dealkylation sites (tertiary alicyclic amines) is 1. The van der Waals surface area contributed by atoms with E-state index in [-0.39, 0.29) is 5.91 Å². The highest BCUT2D eigenvalue weighted by Gasteiger charge is 2.14. The highest BCUT2D eigenvalue weighted by atomic mass is 35.5. The Bertz CT molecular complexity index is 391. The molecule has 1 aromatic heterocycles. The second kappa shape index (κ2) is 5.98. The van der Waals surface area contributed by atoms with Gasteiger partial charge in [-0.1, -0.05) is 18.0 Å². The van der Waals surface area contributed by atoms with Gasteiger partial charge in [-0.15, -0.1) is 0 Å². The number of piperidine rings is 1. The van der Waals surface area contributed by atoms with Gasteiger partial charge in [-0.3, -0.25) is 9.69 Å². The smallest absolute Gasteiger partial charge is 0.238 e. The lowest BCUT2D eigenvalue weighted by Gasteiger charge is -2.25. The number of nitrogens with zero attached hydrogens (tertiary/aromatic N) is 2. The summed E-state index contributed by atoms with van der Waals surface area (Å²) >= 11 is 5.87. The lowest BCUT2D eigenvalue weighted by molar-refractivity contribution is -0.117. The molecule has 2 heterocycles. The van der Waals surface area contributed by atoms with Gasteiger partial charge in [0, 0.05) is 6.20 Å². The first kappa shape index (κ1) is 12.3. The van der Waals surface area contributed by atoms with Crippen LogP contribution in [0.25, 0.3) is 0 Å². The Kier molecular flexibility index (Phi) is 4.34. The molecule has 1 N–H and O–H groups in total. The maximum atomic E-state index is 11.8. The van der Waals surface area contributed by atoms with Gasteiger partial charge in [0.15, 0.2) is 5.15 Å². The van der Waals surface area contributed by atoms with Gasteiger partial charge in [0.2, 0.25) is 5.91 Å². The summed E-state index contributed by atoms with van der Waals surface area (Å²) in [5, 5.41) is 3.12. The van der Waals surface area contributed by atoms with Crippen LogP contribution >= 0.6 is 11.6 Å². The number of carbonyl (C=O) groups excluding carboxylic acids is 1. The van der Waals surface area contributed by atoms with Gasteiger partial charge in [-0.05, 0) is 38.1 Å². The van der Waals surface area contributed by atoms with Crippen LogP contribution in [0.5, 0.6) is 0 Å². The zero-order valence-electron chi connectivity index (χ0n) is 9.66. The number of halogens is 1. The topological polar surface area (TPSA) is 45.2 Å². The number of pyridine rings is 1. The minimum Gasteiger partial charge on any atom is -0.322 e. The molecular formula is C12H16ClN3O. The van der Waals surface area contributed by atoms with E-state index < -0.39 is 0 Å². The molecule has 1 aliphatic heterocycles. The van der Waals surface area contributed by atoms with Crippen LogP contribution in [0.1, 0.15) is 19.3 Å². The van der Waals surface area contributed by atoms with Crippen molar-refractivity contribution in [2.24, 2.45) is 0 Å². The van der Waals surface area contributed by atoms with Gasteiger partial charge in [-0.2, -0.15) is 0 Å². The molecule has 2 rings (SSSR count). The molecule has 0 radical (unpaired) electrons. The van der Waals surface area contributed by atoms with Crippen molar-refractivity contribution in [3.63, 3.8) is 0 Å². The molecule has 1 saturated heterocycles. The van der Waals surface area contributed by atoms with E-state index in [0.717, 1.165) is 13.1 Å². The van der Waals surface area contributed by atoms with Crippen molar-refractivity contribution in [2.45, 2.75) is 19.3 Å². The molecule has 17 heavy (non-hydrogen) atoms. The number of hydrogen-bond donors (Lipinski definition) is 1. The van der Waals surface area contributed by atoms with E-state index in [2.05, 4.69) is 15.2 Å². The van der Waals surface area contributed by atoms with Crippen LogP contribution in [0.4, 0.5) is 5.69 Å². The van der Waals surface area contributed by atoms with E-state index in [4.69, 9.17) is 11.6 Å². The SMILES string of the molecule is O=C(CN1CCCCC1)Nc1cccnc1Cl. The summed E-state index contributed by atoms with van der Waals surface area (Å²) in [4.78, 5) is 17.9. The minimum atomic E-state index is -0.0261. The van der Waals surface area contributed by atoms with Crippen molar-refractivity contribution in [3.05, 3.63) is 23.5 Å². The summed E-state index contributed by atoms with van der Waals surface area (Å²) in [6.45, 7) is 2.45. The van der Waals surface area contributed by atoms with Crippen LogP contribution in [0.2, 0.25) is 5.15 Å². The molecule has 0 atom stereocenters. The third-order valence-electron chi connectivity index (χ3n) is 2.85. The van der Waals surface area contributed by atoms with E-state index >= 15 is 0 Å². The largest absolute Gasteiger partial charge is 0.322 e. The fourth-order valence-electron chi connectivity index (χ4n) is 1.99. The zero-order valence-corrected chi connectivity index (χ0v) is 10.4. The predicted molar refractivity (Wildman–Crippen MR) is 68.2 cm³/mol. The summed E-state index contributed by atoms with van der Waals surface area (Å²) < 4.78 is 0. The van der Waals surface area contributed by atoms with Crippen molar-refractivity contribution in [2.75, 3.05) is 25.0 Å². The molecule has 1 amide bonds. The molecule has 0 bridgehead atoms. The standard InChI is InChI=1S/C12H16ClN3O/c13-12-10(5-4-6-14-12)15-11(17)9-16-7-2-1-3-8-16/h4-6H,1-3,7-9H2,(H,15,17). The predicted octanol–water partition coefficient (Wildman–Crippen LogP) is 2.16. The van der Waals surface area contributed by atoms with Crippen LogP contribution < -0.4 is 5.32 Å². The number of aromatic nitrogens is 1. The van der Waals surface area contributed by atoms with Gasteiger partial charge in [0.25, 0.3) is 0 Å². The zero-order chi connectivity index (χ0) is 12.1. The molecule has 0 aromatic carbocycles. The summed E-state index contributed by atoms with van der Waals surface area (Å²) in [6.07, 6.45) is 5.23. The first-order valence-corrected chi connectivity index (χ1v) is 6.26. The second-order valence-electron chi connectivity index (χ2n) is 4.23. The first-order valence-electron chi connectivity index (χ1n) is 5.88. The maximum absolute atomic E-state index is 11.8. The highest BCUT2D eigenvalue weighted by Crippen LogP contribution is 2.17. The number of carbonyl (C=O) groups is 1. The summed E-state index contributed by atoms with van der Waals surface area (Å²) in [5.74, 6) is -0.0261. The van der Waals surface area contributed by atoms with E-state index in [1.54, 1.807) is 18.3 Å². The number of rotatable bonds is 3. The quantitative estimate of drug-likeness (QED) is 0.840. The van der Waals surface area contributed by atoms with Crippen molar-refractivity contribution in [3.8, 4) is 0 Å². The molecule has 1 aromatic rings. The third-order valence-corrected chi connectivity index (χ3v) is 3.15. The van der Waals surface area contributed by atoms with Gasteiger partial charge >= 0.3 is 0 Å². The molecule has 0 saturated carbocycles. The van der Waals surface area contributed by atoms with E-state index in [9.17, 15) is 4.79 Å². The fraction of sp³-hybridized carbons (Fsp3) is 0.500. The van der Waals surface area contributed by atoms with Gasteiger partial charge in [-0.25, -0.2) is 4.98 Å². The molecule has 5 heteroatoms. The molecule has 4 nitrogen and oxygen atoms in total. The van der Waals surface area contributed by atoms with Crippen LogP contribution in [-0.4, -0.2) is 35.4 Å². The Morgan fingerprint density at radius 3 is 2.88 bits per heavy atom. The van der Waals surface area contributed by atoms with Crippen LogP contribution in [-0.2, 0) is 4.79 Å². The minimum absolute atomic E-state index is 0.0261.